The van der Waals surface area contributed by atoms with E-state index in [1.54, 1.807) is 23.7 Å². The van der Waals surface area contributed by atoms with Gasteiger partial charge in [0.25, 0.3) is 5.56 Å². The standard InChI is InChI=1S/C21H25N7O2/c1-26-18-17(19(29)27(2)21(26)30)28(12-14-8-4-3-7-13(14)11-22)20(25-18)24-16-10-6-5-9-15(16)23/h3-4,7-8,15-16H,5-6,9-10,12,23H2,1-2H3,(H,24,25)/t15-,16+/m0/s1. The van der Waals surface area contributed by atoms with Gasteiger partial charge in [0.05, 0.1) is 18.2 Å². The van der Waals surface area contributed by atoms with Gasteiger partial charge in [-0.1, -0.05) is 31.0 Å². The van der Waals surface area contributed by atoms with Crippen LogP contribution in [-0.4, -0.2) is 30.8 Å². The second-order valence-electron chi connectivity index (χ2n) is 7.87. The molecule has 0 aliphatic heterocycles. The Kier molecular flexibility index (Phi) is 5.18. The van der Waals surface area contributed by atoms with Crippen molar-refractivity contribution in [3.05, 3.63) is 56.2 Å². The zero-order chi connectivity index (χ0) is 21.4. The van der Waals surface area contributed by atoms with E-state index in [1.807, 2.05) is 12.1 Å². The number of benzene rings is 1. The van der Waals surface area contributed by atoms with Crippen LogP contribution in [0.5, 0.6) is 0 Å². The van der Waals surface area contributed by atoms with Gasteiger partial charge in [-0.3, -0.25) is 18.5 Å². The lowest BCUT2D eigenvalue weighted by molar-refractivity contribution is 0.401. The molecule has 0 saturated heterocycles. The zero-order valence-corrected chi connectivity index (χ0v) is 17.1. The summed E-state index contributed by atoms with van der Waals surface area (Å²) in [4.78, 5) is 30.0. The molecular formula is C21H25N7O2. The molecule has 30 heavy (non-hydrogen) atoms. The monoisotopic (exact) mass is 407 g/mol. The van der Waals surface area contributed by atoms with Gasteiger partial charge in [0.15, 0.2) is 11.2 Å². The fraction of sp³-hybridized carbons (Fsp3) is 0.429. The molecule has 0 unspecified atom stereocenters. The average Bonchev–Trinajstić information content (AvgIpc) is 3.11. The molecule has 3 N–H and O–H groups in total. The molecule has 0 spiro atoms. The van der Waals surface area contributed by atoms with Crippen molar-refractivity contribution in [1.29, 1.82) is 5.26 Å². The predicted molar refractivity (Wildman–Crippen MR) is 114 cm³/mol. The molecule has 1 aliphatic rings. The van der Waals surface area contributed by atoms with Crippen molar-refractivity contribution in [2.45, 2.75) is 44.3 Å². The number of nitrogens with zero attached hydrogens (tertiary/aromatic N) is 5. The van der Waals surface area contributed by atoms with E-state index in [2.05, 4.69) is 16.4 Å². The van der Waals surface area contributed by atoms with Crippen LogP contribution in [0.4, 0.5) is 5.95 Å². The highest BCUT2D eigenvalue weighted by Crippen LogP contribution is 2.24. The zero-order valence-electron chi connectivity index (χ0n) is 17.1. The van der Waals surface area contributed by atoms with Gasteiger partial charge in [-0.05, 0) is 24.5 Å². The second-order valence-corrected chi connectivity index (χ2v) is 7.87. The molecular weight excluding hydrogens is 382 g/mol. The third-order valence-electron chi connectivity index (χ3n) is 5.95. The number of nitrogens with two attached hydrogens (primary N) is 1. The van der Waals surface area contributed by atoms with Crippen LogP contribution in [0.25, 0.3) is 11.2 Å². The van der Waals surface area contributed by atoms with Gasteiger partial charge in [0.1, 0.15) is 0 Å². The maximum Gasteiger partial charge on any atom is 0.332 e. The van der Waals surface area contributed by atoms with Crippen LogP contribution in [0.15, 0.2) is 33.9 Å². The van der Waals surface area contributed by atoms with E-state index < -0.39 is 11.2 Å². The lowest BCUT2D eigenvalue weighted by atomic mass is 9.91. The van der Waals surface area contributed by atoms with Gasteiger partial charge in [0.2, 0.25) is 5.95 Å². The molecule has 2 aromatic heterocycles. The van der Waals surface area contributed by atoms with E-state index in [0.29, 0.717) is 22.7 Å². The topological polar surface area (TPSA) is 124 Å². The van der Waals surface area contributed by atoms with E-state index >= 15 is 0 Å². The SMILES string of the molecule is Cn1c(=O)c2c(nc(N[C@@H]3CCCC[C@@H]3N)n2Cc2ccccc2C#N)n(C)c1=O. The normalized spacial score (nSPS) is 19.0. The van der Waals surface area contributed by atoms with Gasteiger partial charge in [-0.15, -0.1) is 0 Å². The van der Waals surface area contributed by atoms with Crippen molar-refractivity contribution >= 4 is 17.1 Å². The van der Waals surface area contributed by atoms with Crippen molar-refractivity contribution in [3.63, 3.8) is 0 Å². The lowest BCUT2D eigenvalue weighted by Gasteiger charge is -2.29. The summed E-state index contributed by atoms with van der Waals surface area (Å²) in [5.74, 6) is 0.485. The number of aromatic nitrogens is 4. The second kappa shape index (κ2) is 7.80. The number of aryl methyl sites for hydroxylation is 1. The van der Waals surface area contributed by atoms with Crippen LogP contribution in [0.2, 0.25) is 0 Å². The molecule has 9 heteroatoms. The molecule has 1 fully saturated rings. The minimum Gasteiger partial charge on any atom is -0.351 e. The number of imidazole rings is 1. The number of nitrogens with one attached hydrogen (secondary N) is 1. The highest BCUT2D eigenvalue weighted by Gasteiger charge is 2.26. The molecule has 0 amide bonds. The molecule has 1 aromatic carbocycles. The Bertz CT molecular complexity index is 1260. The van der Waals surface area contributed by atoms with Crippen molar-refractivity contribution in [3.8, 4) is 6.07 Å². The molecule has 1 aliphatic carbocycles. The van der Waals surface area contributed by atoms with Crippen molar-refractivity contribution in [1.82, 2.24) is 18.7 Å². The summed E-state index contributed by atoms with van der Waals surface area (Å²) in [5, 5.41) is 12.9. The van der Waals surface area contributed by atoms with Crippen LogP contribution >= 0.6 is 0 Å². The molecule has 9 nitrogen and oxygen atoms in total. The third kappa shape index (κ3) is 3.29. The number of rotatable bonds is 4. The smallest absolute Gasteiger partial charge is 0.332 e. The highest BCUT2D eigenvalue weighted by atomic mass is 16.2. The predicted octanol–water partition coefficient (Wildman–Crippen LogP) is 1.04. The van der Waals surface area contributed by atoms with Crippen LogP contribution in [-0.2, 0) is 20.6 Å². The van der Waals surface area contributed by atoms with E-state index in [0.717, 1.165) is 35.8 Å². The summed E-state index contributed by atoms with van der Waals surface area (Å²) >= 11 is 0. The third-order valence-corrected chi connectivity index (χ3v) is 5.95. The summed E-state index contributed by atoms with van der Waals surface area (Å²) in [6, 6.07) is 9.47. The first kappa shape index (κ1) is 19.9. The minimum atomic E-state index is -0.435. The van der Waals surface area contributed by atoms with Gasteiger partial charge >= 0.3 is 5.69 Å². The van der Waals surface area contributed by atoms with Crippen LogP contribution in [0, 0.1) is 11.3 Å². The first-order valence-corrected chi connectivity index (χ1v) is 10.1. The van der Waals surface area contributed by atoms with Crippen molar-refractivity contribution < 1.29 is 0 Å². The maximum atomic E-state index is 13.0. The lowest BCUT2D eigenvalue weighted by Crippen LogP contribution is -2.43. The van der Waals surface area contributed by atoms with Crippen molar-refractivity contribution in [2.75, 3.05) is 5.32 Å². The fourth-order valence-corrected chi connectivity index (χ4v) is 4.15. The fourth-order valence-electron chi connectivity index (χ4n) is 4.15. The van der Waals surface area contributed by atoms with Crippen LogP contribution in [0.3, 0.4) is 0 Å². The number of fused-ring (bicyclic) bond motifs is 1. The summed E-state index contributed by atoms with van der Waals surface area (Å²) in [5.41, 5.74) is 7.39. The minimum absolute atomic E-state index is 0.00920. The molecule has 1 saturated carbocycles. The number of anilines is 1. The Morgan fingerprint density at radius 2 is 1.93 bits per heavy atom. The van der Waals surface area contributed by atoms with E-state index in [9.17, 15) is 14.9 Å². The Balaban J connectivity index is 1.91. The Morgan fingerprint density at radius 3 is 2.67 bits per heavy atom. The Labute approximate surface area is 173 Å². The summed E-state index contributed by atoms with van der Waals surface area (Å²) in [6.45, 7) is 0.276. The molecule has 2 atom stereocenters. The first-order chi connectivity index (χ1) is 14.4. The summed E-state index contributed by atoms with van der Waals surface area (Å²) in [7, 11) is 3.05. The summed E-state index contributed by atoms with van der Waals surface area (Å²) in [6.07, 6.45) is 4.01. The molecule has 156 valence electrons. The summed E-state index contributed by atoms with van der Waals surface area (Å²) < 4.78 is 4.21. The maximum absolute atomic E-state index is 13.0. The number of hydrogen-bond donors (Lipinski definition) is 2. The van der Waals surface area contributed by atoms with E-state index in [4.69, 9.17) is 5.73 Å². The molecule has 2 heterocycles. The molecule has 0 radical (unpaired) electrons. The highest BCUT2D eigenvalue weighted by molar-refractivity contribution is 5.74. The first-order valence-electron chi connectivity index (χ1n) is 10.1. The van der Waals surface area contributed by atoms with Gasteiger partial charge in [-0.25, -0.2) is 4.79 Å². The van der Waals surface area contributed by atoms with Gasteiger partial charge < -0.3 is 11.1 Å². The van der Waals surface area contributed by atoms with E-state index in [1.165, 1.54) is 11.6 Å². The van der Waals surface area contributed by atoms with Crippen LogP contribution < -0.4 is 22.3 Å². The Morgan fingerprint density at radius 1 is 1.20 bits per heavy atom. The quantitative estimate of drug-likeness (QED) is 0.666. The van der Waals surface area contributed by atoms with Gasteiger partial charge in [-0.2, -0.15) is 10.2 Å². The number of nitriles is 1. The average molecular weight is 407 g/mol. The van der Waals surface area contributed by atoms with Crippen molar-refractivity contribution in [2.24, 2.45) is 19.8 Å². The molecule has 0 bridgehead atoms. The largest absolute Gasteiger partial charge is 0.351 e. The van der Waals surface area contributed by atoms with Crippen LogP contribution in [0.1, 0.15) is 36.8 Å². The molecule has 3 aromatic rings. The van der Waals surface area contributed by atoms with Gasteiger partial charge in [0, 0.05) is 26.2 Å². The molecule has 4 rings (SSSR count). The number of hydrogen-bond acceptors (Lipinski definition) is 6. The Hall–Kier alpha value is -3.38. The van der Waals surface area contributed by atoms with E-state index in [-0.39, 0.29) is 18.6 Å².